The Morgan fingerprint density at radius 3 is 2.88 bits per heavy atom. The zero-order valence-electron chi connectivity index (χ0n) is 14.1. The van der Waals surface area contributed by atoms with Gasteiger partial charge in [-0.2, -0.15) is 0 Å². The standard InChI is InChI=1S/C21H25NO2/c1-2-11-19-17(8-1)9-5-6-15-24-21-13-4-3-12-20(21)22(19)18-10-7-14-23-16-18/h3-4,7-8,10-13,18H,1-2,5-6,9,14-16H2/t18-/m0/s1. The Labute approximate surface area is 144 Å². The maximum absolute atomic E-state index is 6.11. The van der Waals surface area contributed by atoms with Gasteiger partial charge in [0.15, 0.2) is 0 Å². The van der Waals surface area contributed by atoms with Gasteiger partial charge in [-0.05, 0) is 49.8 Å². The molecule has 1 aromatic carbocycles. The van der Waals surface area contributed by atoms with E-state index in [2.05, 4.69) is 53.5 Å². The Hall–Kier alpha value is -2.00. The van der Waals surface area contributed by atoms with E-state index in [0.29, 0.717) is 6.61 Å². The van der Waals surface area contributed by atoms with Gasteiger partial charge >= 0.3 is 0 Å². The molecule has 0 fully saturated rings. The third-order valence-corrected chi connectivity index (χ3v) is 4.90. The maximum Gasteiger partial charge on any atom is 0.142 e. The van der Waals surface area contributed by atoms with Crippen LogP contribution in [0.4, 0.5) is 5.69 Å². The highest BCUT2D eigenvalue weighted by Gasteiger charge is 2.28. The second-order valence-electron chi connectivity index (χ2n) is 6.57. The molecule has 3 nitrogen and oxygen atoms in total. The average molecular weight is 323 g/mol. The van der Waals surface area contributed by atoms with E-state index in [0.717, 1.165) is 50.3 Å². The lowest BCUT2D eigenvalue weighted by Crippen LogP contribution is -2.39. The third kappa shape index (κ3) is 3.13. The quantitative estimate of drug-likeness (QED) is 0.704. The second kappa shape index (κ2) is 7.27. The number of ether oxygens (including phenoxy) is 2. The first-order valence-electron chi connectivity index (χ1n) is 9.08. The fourth-order valence-corrected chi connectivity index (χ4v) is 3.75. The summed E-state index contributed by atoms with van der Waals surface area (Å²) in [5.41, 5.74) is 3.98. The fraction of sp³-hybridized carbons (Fsp3) is 0.429. The number of rotatable bonds is 1. The highest BCUT2D eigenvalue weighted by Crippen LogP contribution is 2.38. The number of anilines is 1. The molecule has 0 spiro atoms. The topological polar surface area (TPSA) is 21.7 Å². The molecule has 0 saturated heterocycles. The van der Waals surface area contributed by atoms with Crippen molar-refractivity contribution in [2.75, 3.05) is 24.7 Å². The van der Waals surface area contributed by atoms with E-state index in [-0.39, 0.29) is 6.04 Å². The van der Waals surface area contributed by atoms with E-state index in [9.17, 15) is 0 Å². The van der Waals surface area contributed by atoms with Crippen molar-refractivity contribution in [1.29, 1.82) is 0 Å². The van der Waals surface area contributed by atoms with Crippen LogP contribution in [-0.2, 0) is 4.74 Å². The number of hydrogen-bond acceptors (Lipinski definition) is 3. The number of hydrogen-bond donors (Lipinski definition) is 0. The third-order valence-electron chi connectivity index (χ3n) is 4.90. The molecule has 2 aliphatic heterocycles. The van der Waals surface area contributed by atoms with E-state index < -0.39 is 0 Å². The largest absolute Gasteiger partial charge is 0.491 e. The number of nitrogens with zero attached hydrogens (tertiary/aromatic N) is 1. The smallest absolute Gasteiger partial charge is 0.142 e. The van der Waals surface area contributed by atoms with E-state index in [1.807, 2.05) is 0 Å². The van der Waals surface area contributed by atoms with E-state index in [1.165, 1.54) is 17.7 Å². The SMILES string of the molecule is C1=C[C@H](N2C3=CCCC=C3CCCCOc3ccccc32)COC1. The lowest BCUT2D eigenvalue weighted by atomic mass is 9.95. The molecule has 1 aliphatic carbocycles. The van der Waals surface area contributed by atoms with Crippen molar-refractivity contribution in [3.8, 4) is 5.75 Å². The highest BCUT2D eigenvalue weighted by atomic mass is 16.5. The van der Waals surface area contributed by atoms with Gasteiger partial charge in [-0.1, -0.05) is 36.4 Å². The van der Waals surface area contributed by atoms with Gasteiger partial charge in [-0.15, -0.1) is 0 Å². The van der Waals surface area contributed by atoms with Crippen molar-refractivity contribution in [3.63, 3.8) is 0 Å². The van der Waals surface area contributed by atoms with Gasteiger partial charge in [0.2, 0.25) is 0 Å². The molecular weight excluding hydrogens is 298 g/mol. The van der Waals surface area contributed by atoms with Crippen LogP contribution in [0, 0.1) is 0 Å². The summed E-state index contributed by atoms with van der Waals surface area (Å²) in [6.45, 7) is 2.22. The van der Waals surface area contributed by atoms with Crippen molar-refractivity contribution in [2.45, 2.75) is 38.1 Å². The normalized spacial score (nSPS) is 24.2. The first-order chi connectivity index (χ1) is 11.9. The number of fused-ring (bicyclic) bond motifs is 2. The summed E-state index contributed by atoms with van der Waals surface area (Å²) in [6, 6.07) is 8.63. The molecule has 3 aliphatic rings. The Morgan fingerprint density at radius 1 is 1.04 bits per heavy atom. The molecular formula is C21H25NO2. The molecule has 0 amide bonds. The van der Waals surface area contributed by atoms with Crippen LogP contribution in [0.25, 0.3) is 0 Å². The molecule has 1 atom stereocenters. The van der Waals surface area contributed by atoms with Gasteiger partial charge in [0.25, 0.3) is 0 Å². The molecule has 2 heterocycles. The number of allylic oxidation sites excluding steroid dienone is 3. The lowest BCUT2D eigenvalue weighted by molar-refractivity contribution is 0.145. The molecule has 126 valence electrons. The summed E-state index contributed by atoms with van der Waals surface area (Å²) >= 11 is 0. The van der Waals surface area contributed by atoms with E-state index >= 15 is 0 Å². The van der Waals surface area contributed by atoms with Gasteiger partial charge in [-0.25, -0.2) is 0 Å². The molecule has 0 N–H and O–H groups in total. The van der Waals surface area contributed by atoms with Crippen molar-refractivity contribution in [3.05, 3.63) is 59.8 Å². The molecule has 1 aromatic rings. The fourth-order valence-electron chi connectivity index (χ4n) is 3.75. The summed E-state index contributed by atoms with van der Waals surface area (Å²) in [5.74, 6) is 0.976. The average Bonchev–Trinajstić information content (AvgIpc) is 2.65. The molecule has 4 rings (SSSR count). The molecule has 3 heteroatoms. The summed E-state index contributed by atoms with van der Waals surface area (Å²) < 4.78 is 11.9. The Kier molecular flexibility index (Phi) is 4.70. The van der Waals surface area contributed by atoms with Crippen molar-refractivity contribution in [1.82, 2.24) is 0 Å². The minimum atomic E-state index is 0.218. The number of benzene rings is 1. The summed E-state index contributed by atoms with van der Waals surface area (Å²) in [4.78, 5) is 2.43. The van der Waals surface area contributed by atoms with Crippen molar-refractivity contribution < 1.29 is 9.47 Å². The summed E-state index contributed by atoms with van der Waals surface area (Å²) in [5, 5.41) is 0. The lowest BCUT2D eigenvalue weighted by Gasteiger charge is -2.38. The molecule has 0 radical (unpaired) electrons. The van der Waals surface area contributed by atoms with Gasteiger partial charge in [0, 0.05) is 5.70 Å². The molecule has 0 saturated carbocycles. The van der Waals surface area contributed by atoms with Crippen LogP contribution in [0.5, 0.6) is 5.75 Å². The Morgan fingerprint density at radius 2 is 1.96 bits per heavy atom. The van der Waals surface area contributed by atoms with Crippen LogP contribution >= 0.6 is 0 Å². The zero-order valence-corrected chi connectivity index (χ0v) is 14.1. The van der Waals surface area contributed by atoms with Crippen LogP contribution in [0.3, 0.4) is 0 Å². The van der Waals surface area contributed by atoms with Crippen LogP contribution in [-0.4, -0.2) is 25.9 Å². The minimum absolute atomic E-state index is 0.218. The first-order valence-corrected chi connectivity index (χ1v) is 9.08. The van der Waals surface area contributed by atoms with E-state index in [1.54, 1.807) is 0 Å². The Bertz CT molecular complexity index is 674. The van der Waals surface area contributed by atoms with Crippen molar-refractivity contribution >= 4 is 5.69 Å². The van der Waals surface area contributed by atoms with Crippen LogP contribution in [0.2, 0.25) is 0 Å². The summed E-state index contributed by atoms with van der Waals surface area (Å²) in [7, 11) is 0. The molecule has 0 bridgehead atoms. The van der Waals surface area contributed by atoms with Gasteiger partial charge in [0.1, 0.15) is 5.75 Å². The second-order valence-corrected chi connectivity index (χ2v) is 6.57. The maximum atomic E-state index is 6.11. The van der Waals surface area contributed by atoms with Gasteiger partial charge in [-0.3, -0.25) is 0 Å². The van der Waals surface area contributed by atoms with Crippen molar-refractivity contribution in [2.24, 2.45) is 0 Å². The predicted molar refractivity (Wildman–Crippen MR) is 97.4 cm³/mol. The van der Waals surface area contributed by atoms with Gasteiger partial charge < -0.3 is 14.4 Å². The van der Waals surface area contributed by atoms with Crippen LogP contribution < -0.4 is 9.64 Å². The molecule has 0 aromatic heterocycles. The first kappa shape index (κ1) is 15.5. The molecule has 0 unspecified atom stereocenters. The monoisotopic (exact) mass is 323 g/mol. The highest BCUT2D eigenvalue weighted by molar-refractivity contribution is 5.67. The minimum Gasteiger partial charge on any atom is -0.491 e. The van der Waals surface area contributed by atoms with Crippen LogP contribution in [0.15, 0.2) is 59.8 Å². The Balaban J connectivity index is 1.82. The zero-order chi connectivity index (χ0) is 16.2. The molecule has 24 heavy (non-hydrogen) atoms. The predicted octanol–water partition coefficient (Wildman–Crippen LogP) is 4.61. The van der Waals surface area contributed by atoms with Crippen LogP contribution in [0.1, 0.15) is 32.1 Å². The number of para-hydroxylation sites is 2. The summed E-state index contributed by atoms with van der Waals surface area (Å²) in [6.07, 6.45) is 14.9. The van der Waals surface area contributed by atoms with Gasteiger partial charge in [0.05, 0.1) is 31.5 Å². The van der Waals surface area contributed by atoms with E-state index in [4.69, 9.17) is 9.47 Å².